The Morgan fingerprint density at radius 1 is 1.42 bits per heavy atom. The molecule has 0 unspecified atom stereocenters. The van der Waals surface area contributed by atoms with E-state index < -0.39 is 5.97 Å². The van der Waals surface area contributed by atoms with Crippen molar-refractivity contribution >= 4 is 17.5 Å². The van der Waals surface area contributed by atoms with E-state index in [9.17, 15) is 9.59 Å². The van der Waals surface area contributed by atoms with Crippen LogP contribution in [0.15, 0.2) is 0 Å². The first-order valence-electron chi connectivity index (χ1n) is 3.51. The molecule has 0 saturated heterocycles. The summed E-state index contributed by atoms with van der Waals surface area (Å²) in [5.41, 5.74) is 7.87. The fourth-order valence-corrected chi connectivity index (χ4v) is 0.704. The summed E-state index contributed by atoms with van der Waals surface area (Å²) in [5.74, 6) is -1.25. The molecule has 12 heavy (non-hydrogen) atoms. The van der Waals surface area contributed by atoms with Crippen molar-refractivity contribution in [1.82, 2.24) is 0 Å². The molecule has 0 aliphatic rings. The third-order valence-corrected chi connectivity index (χ3v) is 1.31. The van der Waals surface area contributed by atoms with Crippen molar-refractivity contribution in [2.75, 3.05) is 0 Å². The lowest BCUT2D eigenvalue weighted by molar-refractivity contribution is -0.134. The van der Waals surface area contributed by atoms with E-state index in [2.05, 4.69) is 4.79 Å². The number of carbonyl (C=O) groups is 2. The number of rotatable bonds is 5. The molecule has 0 aromatic heterocycles. The Morgan fingerprint density at radius 2 is 2.00 bits per heavy atom. The van der Waals surface area contributed by atoms with Crippen LogP contribution in [0.1, 0.15) is 26.2 Å². The molecule has 1 N–H and O–H groups in total. The molecule has 0 amide bonds. The molecular weight excluding hydrogens is 160 g/mol. The van der Waals surface area contributed by atoms with E-state index in [1.54, 1.807) is 0 Å². The second kappa shape index (κ2) is 5.21. The average molecular weight is 170 g/mol. The Labute approximate surface area is 69.6 Å². The molecule has 0 aromatic rings. The van der Waals surface area contributed by atoms with Gasteiger partial charge in [0.1, 0.15) is 5.78 Å². The molecule has 0 aliphatic carbocycles. The molecule has 0 rings (SSSR count). The van der Waals surface area contributed by atoms with Crippen LogP contribution in [0.4, 0.5) is 0 Å². The van der Waals surface area contributed by atoms with E-state index >= 15 is 0 Å². The van der Waals surface area contributed by atoms with Crippen LogP contribution in [-0.2, 0) is 9.59 Å². The first-order valence-corrected chi connectivity index (χ1v) is 3.51. The van der Waals surface area contributed by atoms with Crippen LogP contribution in [-0.4, -0.2) is 27.4 Å². The van der Waals surface area contributed by atoms with Gasteiger partial charge in [-0.15, -0.1) is 0 Å². The van der Waals surface area contributed by atoms with Crippen molar-refractivity contribution < 1.29 is 19.5 Å². The van der Waals surface area contributed by atoms with Crippen molar-refractivity contribution in [3.8, 4) is 0 Å². The van der Waals surface area contributed by atoms with Crippen LogP contribution in [0.2, 0.25) is 0 Å². The molecule has 0 aromatic carbocycles. The predicted octanol–water partition coefficient (Wildman–Crippen LogP) is 0.501. The largest absolute Gasteiger partial charge is 0.473 e. The van der Waals surface area contributed by atoms with Crippen LogP contribution in [0.5, 0.6) is 0 Å². The Balaban J connectivity index is 3.84. The average Bonchev–Trinajstić information content (AvgIpc) is 1.96. The van der Waals surface area contributed by atoms with Crippen LogP contribution in [0.25, 0.3) is 5.53 Å². The second-order valence-corrected chi connectivity index (χ2v) is 2.41. The minimum atomic E-state index is -1.25. The van der Waals surface area contributed by atoms with Crippen LogP contribution >= 0.6 is 0 Å². The summed E-state index contributed by atoms with van der Waals surface area (Å²) in [6, 6.07) is 0. The maximum absolute atomic E-state index is 10.4. The van der Waals surface area contributed by atoms with Gasteiger partial charge in [0.05, 0.1) is 6.42 Å². The topological polar surface area (TPSA) is 90.8 Å². The van der Waals surface area contributed by atoms with E-state index in [0.29, 0.717) is 12.8 Å². The normalized spacial score (nSPS) is 8.75. The highest BCUT2D eigenvalue weighted by atomic mass is 16.4. The van der Waals surface area contributed by atoms with Gasteiger partial charge in [-0.25, -0.2) is 4.79 Å². The van der Waals surface area contributed by atoms with Gasteiger partial charge in [0.15, 0.2) is 0 Å². The summed E-state index contributed by atoms with van der Waals surface area (Å²) in [4.78, 5) is 23.3. The zero-order valence-electron chi connectivity index (χ0n) is 6.78. The molecule has 0 aliphatic heterocycles. The highest BCUT2D eigenvalue weighted by Crippen LogP contribution is 1.97. The number of aliphatic carboxylic acids is 1. The molecule has 0 fully saturated rings. The Bertz CT molecular complexity index is 241. The van der Waals surface area contributed by atoms with Crippen molar-refractivity contribution in [1.29, 1.82) is 0 Å². The molecule has 66 valence electrons. The SMILES string of the molecule is CC(=O)CCCC(=[N+]=[N-])C(=O)O. The summed E-state index contributed by atoms with van der Waals surface area (Å²) in [5, 5.41) is 8.36. The molecule has 0 heterocycles. The number of carbonyl (C=O) groups excluding carboxylic acids is 1. The first kappa shape index (κ1) is 10.5. The smallest absolute Gasteiger partial charge is 0.414 e. The third-order valence-electron chi connectivity index (χ3n) is 1.31. The zero-order chi connectivity index (χ0) is 9.56. The fraction of sp³-hybridized carbons (Fsp3) is 0.571. The van der Waals surface area contributed by atoms with E-state index in [-0.39, 0.29) is 17.9 Å². The summed E-state index contributed by atoms with van der Waals surface area (Å²) in [6.07, 6.45) is 0.832. The Hall–Kier alpha value is -1.48. The van der Waals surface area contributed by atoms with Gasteiger partial charge in [-0.05, 0) is 13.3 Å². The summed E-state index contributed by atoms with van der Waals surface area (Å²) >= 11 is 0. The lowest BCUT2D eigenvalue weighted by Gasteiger charge is -1.90. The van der Waals surface area contributed by atoms with Gasteiger partial charge in [-0.1, -0.05) is 0 Å². The monoisotopic (exact) mass is 170 g/mol. The molecule has 0 atom stereocenters. The maximum atomic E-state index is 10.4. The Kier molecular flexibility index (Phi) is 4.57. The number of nitrogens with zero attached hydrogens (tertiary/aromatic N) is 2. The van der Waals surface area contributed by atoms with Gasteiger partial charge in [-0.2, -0.15) is 4.79 Å². The van der Waals surface area contributed by atoms with E-state index in [0.717, 1.165) is 0 Å². The number of carboxylic acids is 1. The van der Waals surface area contributed by atoms with Crippen LogP contribution in [0.3, 0.4) is 0 Å². The van der Waals surface area contributed by atoms with Crippen LogP contribution in [0, 0.1) is 0 Å². The lowest BCUT2D eigenvalue weighted by atomic mass is 10.1. The number of hydrogen-bond donors (Lipinski definition) is 1. The predicted molar refractivity (Wildman–Crippen MR) is 40.8 cm³/mol. The summed E-state index contributed by atoms with van der Waals surface area (Å²) in [7, 11) is 0. The molecule has 0 bridgehead atoms. The van der Waals surface area contributed by atoms with Crippen molar-refractivity contribution in [3.63, 3.8) is 0 Å². The lowest BCUT2D eigenvalue weighted by Crippen LogP contribution is -2.14. The molecule has 0 radical (unpaired) electrons. The standard InChI is InChI=1S/C7H10N2O3/c1-5(10)3-2-4-6(9-8)7(11)12/h2-4H2,1H3,(H,11,12). The first-order chi connectivity index (χ1) is 5.57. The van der Waals surface area contributed by atoms with Gasteiger partial charge in [0.25, 0.3) is 0 Å². The maximum Gasteiger partial charge on any atom is 0.414 e. The van der Waals surface area contributed by atoms with Crippen LogP contribution < -0.4 is 0 Å². The van der Waals surface area contributed by atoms with Crippen molar-refractivity contribution in [2.45, 2.75) is 26.2 Å². The number of carboxylic acid groups (broad SMARTS) is 1. The number of ketones is 1. The van der Waals surface area contributed by atoms with E-state index in [1.165, 1.54) is 6.92 Å². The van der Waals surface area contributed by atoms with Crippen molar-refractivity contribution in [2.24, 2.45) is 0 Å². The summed E-state index contributed by atoms with van der Waals surface area (Å²) in [6.45, 7) is 1.43. The van der Waals surface area contributed by atoms with Gasteiger partial charge < -0.3 is 15.4 Å². The fourth-order valence-electron chi connectivity index (χ4n) is 0.704. The third kappa shape index (κ3) is 4.35. The Morgan fingerprint density at radius 3 is 2.33 bits per heavy atom. The van der Waals surface area contributed by atoms with Gasteiger partial charge in [-0.3, -0.25) is 0 Å². The minimum Gasteiger partial charge on any atom is -0.473 e. The zero-order valence-corrected chi connectivity index (χ0v) is 6.78. The highest BCUT2D eigenvalue weighted by Gasteiger charge is 2.17. The molecule has 0 saturated carbocycles. The van der Waals surface area contributed by atoms with Gasteiger partial charge >= 0.3 is 11.7 Å². The number of Topliss-reactive ketones (excluding diaryl/α,β-unsaturated/α-hetero) is 1. The number of hydrogen-bond acceptors (Lipinski definition) is 2. The molecular formula is C7H10N2O3. The quantitative estimate of drug-likeness (QED) is 0.370. The molecule has 5 heteroatoms. The van der Waals surface area contributed by atoms with E-state index in [4.69, 9.17) is 10.6 Å². The minimum absolute atomic E-state index is 0.00215. The molecule has 5 nitrogen and oxygen atoms in total. The van der Waals surface area contributed by atoms with E-state index in [1.807, 2.05) is 0 Å². The summed E-state index contributed by atoms with van der Waals surface area (Å²) < 4.78 is 0. The second-order valence-electron chi connectivity index (χ2n) is 2.41. The van der Waals surface area contributed by atoms with Gasteiger partial charge in [0, 0.05) is 6.42 Å². The molecule has 0 spiro atoms. The van der Waals surface area contributed by atoms with Crippen molar-refractivity contribution in [3.05, 3.63) is 5.53 Å². The highest BCUT2D eigenvalue weighted by molar-refractivity contribution is 6.32. The van der Waals surface area contributed by atoms with Gasteiger partial charge in [0.2, 0.25) is 0 Å².